The first-order valence-electron chi connectivity index (χ1n) is 12.7. The fourth-order valence-corrected chi connectivity index (χ4v) is 4.68. The zero-order valence-electron chi connectivity index (χ0n) is 21.4. The molecule has 8 heteroatoms. The van der Waals surface area contributed by atoms with Crippen LogP contribution in [0.25, 0.3) is 10.9 Å². The third kappa shape index (κ3) is 6.29. The van der Waals surface area contributed by atoms with Crippen molar-refractivity contribution in [3.63, 3.8) is 0 Å². The van der Waals surface area contributed by atoms with Crippen molar-refractivity contribution < 1.29 is 14.0 Å². The minimum absolute atomic E-state index is 0.188. The summed E-state index contributed by atoms with van der Waals surface area (Å²) in [6.45, 7) is 10.0. The van der Waals surface area contributed by atoms with Gasteiger partial charge in [0, 0.05) is 11.9 Å². The topological polar surface area (TPSA) is 79.3 Å². The summed E-state index contributed by atoms with van der Waals surface area (Å²) in [4.78, 5) is 28.9. The molecular formula is C28H36FN5O2. The summed E-state index contributed by atoms with van der Waals surface area (Å²) >= 11 is 0. The Kier molecular flexibility index (Phi) is 8.04. The average Bonchev–Trinajstić information content (AvgIpc) is 3.49. The number of para-hydroxylation sites is 1. The number of rotatable bonds is 9. The van der Waals surface area contributed by atoms with Gasteiger partial charge in [0.25, 0.3) is 5.91 Å². The van der Waals surface area contributed by atoms with Crippen molar-refractivity contribution in [3.05, 3.63) is 65.6 Å². The van der Waals surface area contributed by atoms with Gasteiger partial charge < -0.3 is 15.5 Å². The molecule has 4 rings (SSSR count). The van der Waals surface area contributed by atoms with Crippen LogP contribution in [0.3, 0.4) is 0 Å². The number of hydrogen-bond acceptors (Lipinski definition) is 4. The Morgan fingerprint density at radius 3 is 2.44 bits per heavy atom. The van der Waals surface area contributed by atoms with Crippen molar-refractivity contribution in [2.75, 3.05) is 26.2 Å². The minimum Gasteiger partial charge on any atom is -0.354 e. The quantitative estimate of drug-likeness (QED) is 0.442. The number of hydrogen-bond donors (Lipinski definition) is 2. The number of nitrogens with zero attached hydrogens (tertiary/aromatic N) is 3. The zero-order chi connectivity index (χ0) is 25.7. The number of halogens is 1. The number of amides is 2. The van der Waals surface area contributed by atoms with E-state index < -0.39 is 17.4 Å². The van der Waals surface area contributed by atoms with E-state index in [9.17, 15) is 14.0 Å². The van der Waals surface area contributed by atoms with Crippen LogP contribution in [0.1, 0.15) is 56.1 Å². The highest BCUT2D eigenvalue weighted by Crippen LogP contribution is 2.23. The van der Waals surface area contributed by atoms with Crippen LogP contribution in [0.4, 0.5) is 4.39 Å². The highest BCUT2D eigenvalue weighted by Gasteiger charge is 2.34. The molecule has 1 saturated heterocycles. The third-order valence-corrected chi connectivity index (χ3v) is 6.67. The SMILES string of the molecule is CC(C)(C)C(NC(=O)c1nn(Cc2ccc(F)cc2)c2ccccc12)C(=O)NCCCN1CCCC1. The molecule has 0 aliphatic carbocycles. The van der Waals surface area contributed by atoms with Crippen molar-refractivity contribution in [2.45, 2.75) is 52.6 Å². The molecule has 2 N–H and O–H groups in total. The molecule has 7 nitrogen and oxygen atoms in total. The average molecular weight is 494 g/mol. The van der Waals surface area contributed by atoms with Crippen molar-refractivity contribution in [1.82, 2.24) is 25.3 Å². The van der Waals surface area contributed by atoms with Gasteiger partial charge in [0.1, 0.15) is 11.9 Å². The molecule has 0 bridgehead atoms. The van der Waals surface area contributed by atoms with Crippen LogP contribution in [0.2, 0.25) is 0 Å². The molecule has 0 spiro atoms. The van der Waals surface area contributed by atoms with E-state index in [1.807, 2.05) is 45.0 Å². The maximum absolute atomic E-state index is 13.4. The van der Waals surface area contributed by atoms with Gasteiger partial charge in [0.05, 0.1) is 12.1 Å². The summed E-state index contributed by atoms with van der Waals surface area (Å²) in [5.41, 5.74) is 1.45. The lowest BCUT2D eigenvalue weighted by Gasteiger charge is -2.30. The fraction of sp³-hybridized carbons (Fsp3) is 0.464. The largest absolute Gasteiger partial charge is 0.354 e. The van der Waals surface area contributed by atoms with E-state index in [1.165, 1.54) is 25.0 Å². The van der Waals surface area contributed by atoms with Gasteiger partial charge in [0.2, 0.25) is 5.91 Å². The van der Waals surface area contributed by atoms with E-state index in [2.05, 4.69) is 20.6 Å². The number of benzene rings is 2. The summed E-state index contributed by atoms with van der Waals surface area (Å²) < 4.78 is 15.1. The van der Waals surface area contributed by atoms with E-state index in [1.54, 1.807) is 16.8 Å². The third-order valence-electron chi connectivity index (χ3n) is 6.67. The molecule has 1 atom stereocenters. The maximum atomic E-state index is 13.4. The molecule has 1 aliphatic heterocycles. The molecule has 2 heterocycles. The van der Waals surface area contributed by atoms with Crippen LogP contribution >= 0.6 is 0 Å². The zero-order valence-corrected chi connectivity index (χ0v) is 21.4. The second-order valence-corrected chi connectivity index (χ2v) is 10.6. The van der Waals surface area contributed by atoms with Crippen molar-refractivity contribution in [3.8, 4) is 0 Å². The number of carbonyl (C=O) groups is 2. The van der Waals surface area contributed by atoms with Gasteiger partial charge in [0.15, 0.2) is 5.69 Å². The highest BCUT2D eigenvalue weighted by molar-refractivity contribution is 6.06. The molecule has 1 fully saturated rings. The molecule has 0 saturated carbocycles. The number of carbonyl (C=O) groups excluding carboxylic acids is 2. The van der Waals surface area contributed by atoms with Gasteiger partial charge in [-0.2, -0.15) is 5.10 Å². The lowest BCUT2D eigenvalue weighted by molar-refractivity contribution is -0.125. The van der Waals surface area contributed by atoms with E-state index >= 15 is 0 Å². The van der Waals surface area contributed by atoms with Gasteiger partial charge in [-0.1, -0.05) is 51.1 Å². The first-order chi connectivity index (χ1) is 17.2. The summed E-state index contributed by atoms with van der Waals surface area (Å²) in [5.74, 6) is -0.879. The van der Waals surface area contributed by atoms with Gasteiger partial charge >= 0.3 is 0 Å². The van der Waals surface area contributed by atoms with E-state index in [0.29, 0.717) is 18.5 Å². The molecule has 3 aromatic rings. The number of fused-ring (bicyclic) bond motifs is 1. The smallest absolute Gasteiger partial charge is 0.273 e. The van der Waals surface area contributed by atoms with Crippen LogP contribution in [-0.4, -0.2) is 58.7 Å². The van der Waals surface area contributed by atoms with E-state index in [4.69, 9.17) is 0 Å². The van der Waals surface area contributed by atoms with Gasteiger partial charge in [-0.15, -0.1) is 0 Å². The lowest BCUT2D eigenvalue weighted by atomic mass is 9.86. The Morgan fingerprint density at radius 1 is 1.06 bits per heavy atom. The fourth-order valence-electron chi connectivity index (χ4n) is 4.68. The van der Waals surface area contributed by atoms with Crippen molar-refractivity contribution >= 4 is 22.7 Å². The van der Waals surface area contributed by atoms with Crippen LogP contribution in [0.15, 0.2) is 48.5 Å². The molecule has 0 radical (unpaired) electrons. The van der Waals surface area contributed by atoms with Crippen molar-refractivity contribution in [2.24, 2.45) is 5.41 Å². The van der Waals surface area contributed by atoms with Crippen LogP contribution in [0.5, 0.6) is 0 Å². The number of likely N-dealkylation sites (tertiary alicyclic amines) is 1. The van der Waals surface area contributed by atoms with Gasteiger partial charge in [-0.05, 0) is 68.1 Å². The predicted molar refractivity (Wildman–Crippen MR) is 139 cm³/mol. The van der Waals surface area contributed by atoms with Crippen LogP contribution in [0, 0.1) is 11.2 Å². The molecular weight excluding hydrogens is 457 g/mol. The second kappa shape index (κ2) is 11.2. The highest BCUT2D eigenvalue weighted by atomic mass is 19.1. The second-order valence-electron chi connectivity index (χ2n) is 10.6. The Balaban J connectivity index is 1.47. The normalized spacial score (nSPS) is 15.2. The Bertz CT molecular complexity index is 1190. The first kappa shape index (κ1) is 25.8. The molecule has 1 aliphatic rings. The molecule has 2 amide bonds. The Morgan fingerprint density at radius 2 is 1.75 bits per heavy atom. The van der Waals surface area contributed by atoms with E-state index in [0.717, 1.165) is 37.1 Å². The Hall–Kier alpha value is -3.26. The first-order valence-corrected chi connectivity index (χ1v) is 12.7. The van der Waals surface area contributed by atoms with Gasteiger partial charge in [-0.3, -0.25) is 14.3 Å². The summed E-state index contributed by atoms with van der Waals surface area (Å²) in [6, 6.07) is 13.0. The molecule has 192 valence electrons. The van der Waals surface area contributed by atoms with Crippen LogP contribution < -0.4 is 10.6 Å². The maximum Gasteiger partial charge on any atom is 0.273 e. The molecule has 1 unspecified atom stereocenters. The predicted octanol–water partition coefficient (Wildman–Crippen LogP) is 3.97. The van der Waals surface area contributed by atoms with Gasteiger partial charge in [-0.25, -0.2) is 4.39 Å². The molecule has 36 heavy (non-hydrogen) atoms. The minimum atomic E-state index is -0.710. The van der Waals surface area contributed by atoms with E-state index in [-0.39, 0.29) is 17.4 Å². The standard InChI is InChI=1S/C28H36FN5O2/c1-28(2,3)25(27(36)30-15-8-18-33-16-6-7-17-33)31-26(35)24-22-9-4-5-10-23(22)34(32-24)19-20-11-13-21(29)14-12-20/h4-5,9-14,25H,6-8,15-19H2,1-3H3,(H,30,36)(H,31,35). The van der Waals surface area contributed by atoms with Crippen molar-refractivity contribution in [1.29, 1.82) is 0 Å². The summed E-state index contributed by atoms with van der Waals surface area (Å²) in [5, 5.41) is 11.3. The Labute approximate surface area is 212 Å². The lowest BCUT2D eigenvalue weighted by Crippen LogP contribution is -2.54. The summed E-state index contributed by atoms with van der Waals surface area (Å²) in [6.07, 6.45) is 3.38. The molecule has 2 aromatic carbocycles. The number of nitrogens with one attached hydrogen (secondary N) is 2. The van der Waals surface area contributed by atoms with Crippen LogP contribution in [-0.2, 0) is 11.3 Å². The number of aromatic nitrogens is 2. The summed E-state index contributed by atoms with van der Waals surface area (Å²) in [7, 11) is 0. The molecule has 1 aromatic heterocycles. The monoisotopic (exact) mass is 493 g/mol.